The summed E-state index contributed by atoms with van der Waals surface area (Å²) < 4.78 is 0. The smallest absolute Gasteiger partial charge is 0.269 e. The van der Waals surface area contributed by atoms with E-state index in [1.165, 1.54) is 17.4 Å². The van der Waals surface area contributed by atoms with Crippen molar-refractivity contribution >= 4 is 40.2 Å². The summed E-state index contributed by atoms with van der Waals surface area (Å²) >= 11 is 7.75. The van der Waals surface area contributed by atoms with Crippen molar-refractivity contribution in [2.75, 3.05) is 18.0 Å². The molecule has 0 N–H and O–H groups in total. The number of rotatable bonds is 6. The van der Waals surface area contributed by atoms with Gasteiger partial charge in [-0.1, -0.05) is 35.4 Å². The Bertz CT molecular complexity index is 1090. The van der Waals surface area contributed by atoms with Gasteiger partial charge in [0.1, 0.15) is 0 Å². The molecule has 2 aromatic carbocycles. The number of hydrogen-bond acceptors (Lipinski definition) is 5. The van der Waals surface area contributed by atoms with E-state index in [0.717, 1.165) is 47.6 Å². The number of carbonyl (C=O) groups excluding carboxylic acids is 1. The lowest BCUT2D eigenvalue weighted by Crippen LogP contribution is -2.47. The molecule has 1 saturated heterocycles. The molecule has 0 bridgehead atoms. The van der Waals surface area contributed by atoms with Crippen LogP contribution in [0.2, 0.25) is 5.02 Å². The summed E-state index contributed by atoms with van der Waals surface area (Å²) in [6.45, 7) is 4.15. The second kappa shape index (κ2) is 9.81. The number of amides is 1. The number of nitro benzene ring substituents is 1. The van der Waals surface area contributed by atoms with Crippen molar-refractivity contribution in [2.45, 2.75) is 32.4 Å². The minimum absolute atomic E-state index is 0.0315. The average Bonchev–Trinajstić information content (AvgIpc) is 3.33. The van der Waals surface area contributed by atoms with E-state index in [1.807, 2.05) is 53.6 Å². The van der Waals surface area contributed by atoms with E-state index in [2.05, 4.69) is 4.90 Å². The summed E-state index contributed by atoms with van der Waals surface area (Å²) in [5.74, 6) is 0.0315. The van der Waals surface area contributed by atoms with Crippen LogP contribution in [0.5, 0.6) is 0 Å². The fraction of sp³-hybridized carbons (Fsp3) is 0.292. The van der Waals surface area contributed by atoms with E-state index in [1.54, 1.807) is 12.1 Å². The second-order valence-electron chi connectivity index (χ2n) is 8.03. The first-order chi connectivity index (χ1) is 15.4. The molecule has 1 aromatic heterocycles. The van der Waals surface area contributed by atoms with Crippen molar-refractivity contribution in [3.8, 4) is 0 Å². The molecule has 0 aliphatic carbocycles. The van der Waals surface area contributed by atoms with Crippen LogP contribution in [0, 0.1) is 17.0 Å². The Morgan fingerprint density at radius 2 is 1.91 bits per heavy atom. The van der Waals surface area contributed by atoms with Gasteiger partial charge in [0.2, 0.25) is 0 Å². The molecule has 166 valence electrons. The van der Waals surface area contributed by atoms with Gasteiger partial charge in [0.25, 0.3) is 11.6 Å². The largest absolute Gasteiger partial charge is 0.305 e. The quantitative estimate of drug-likeness (QED) is 0.331. The number of benzene rings is 2. The summed E-state index contributed by atoms with van der Waals surface area (Å²) in [6, 6.07) is 16.5. The molecule has 8 heteroatoms. The van der Waals surface area contributed by atoms with Crippen LogP contribution in [0.4, 0.5) is 11.4 Å². The van der Waals surface area contributed by atoms with Crippen LogP contribution in [0.25, 0.3) is 0 Å². The van der Waals surface area contributed by atoms with E-state index in [0.29, 0.717) is 11.6 Å². The van der Waals surface area contributed by atoms with Crippen molar-refractivity contribution in [2.24, 2.45) is 0 Å². The van der Waals surface area contributed by atoms with Gasteiger partial charge >= 0.3 is 0 Å². The van der Waals surface area contributed by atoms with Crippen LogP contribution in [-0.2, 0) is 6.54 Å². The van der Waals surface area contributed by atoms with E-state index in [-0.39, 0.29) is 17.6 Å². The maximum absolute atomic E-state index is 13.4. The lowest BCUT2D eigenvalue weighted by atomic mass is 10.0. The van der Waals surface area contributed by atoms with Gasteiger partial charge in [-0.25, -0.2) is 0 Å². The highest BCUT2D eigenvalue weighted by atomic mass is 35.5. The van der Waals surface area contributed by atoms with Gasteiger partial charge in [-0.05, 0) is 55.0 Å². The molecule has 6 nitrogen and oxygen atoms in total. The molecule has 0 spiro atoms. The monoisotopic (exact) mass is 469 g/mol. The predicted molar refractivity (Wildman–Crippen MR) is 129 cm³/mol. The molecule has 0 unspecified atom stereocenters. The molecular weight excluding hydrogens is 446 g/mol. The Kier molecular flexibility index (Phi) is 6.89. The highest BCUT2D eigenvalue weighted by Crippen LogP contribution is 2.29. The summed E-state index contributed by atoms with van der Waals surface area (Å²) in [6.07, 6.45) is 1.63. The van der Waals surface area contributed by atoms with Gasteiger partial charge < -0.3 is 4.90 Å². The van der Waals surface area contributed by atoms with Gasteiger partial charge in [-0.2, -0.15) is 0 Å². The van der Waals surface area contributed by atoms with Gasteiger partial charge in [0.15, 0.2) is 0 Å². The van der Waals surface area contributed by atoms with Gasteiger partial charge in [0, 0.05) is 48.5 Å². The van der Waals surface area contributed by atoms with Crippen LogP contribution < -0.4 is 4.90 Å². The van der Waals surface area contributed by atoms with Gasteiger partial charge in [-0.3, -0.25) is 19.8 Å². The molecule has 2 heterocycles. The zero-order valence-electron chi connectivity index (χ0n) is 17.7. The molecule has 1 fully saturated rings. The number of likely N-dealkylation sites (tertiary alicyclic amines) is 1. The summed E-state index contributed by atoms with van der Waals surface area (Å²) in [5, 5.41) is 13.6. The average molecular weight is 470 g/mol. The summed E-state index contributed by atoms with van der Waals surface area (Å²) in [5.41, 5.74) is 2.87. The number of halogens is 1. The third kappa shape index (κ3) is 5.01. The first-order valence-corrected chi connectivity index (χ1v) is 11.8. The molecule has 1 amide bonds. The number of nitrogens with zero attached hydrogens (tertiary/aromatic N) is 3. The van der Waals surface area contributed by atoms with Crippen molar-refractivity contribution in [1.29, 1.82) is 0 Å². The number of non-ortho nitro benzene ring substituents is 1. The fourth-order valence-electron chi connectivity index (χ4n) is 4.09. The van der Waals surface area contributed by atoms with Gasteiger partial charge in [0.05, 0.1) is 9.80 Å². The number of aryl methyl sites for hydroxylation is 1. The number of nitro groups is 1. The highest BCUT2D eigenvalue weighted by molar-refractivity contribution is 7.12. The SMILES string of the molecule is Cc1ccc(N(C(=O)c2cccs2)C2CCN(Cc3cc([N+](=O)[O-])ccc3Cl)CC2)cc1. The van der Waals surface area contributed by atoms with Crippen molar-refractivity contribution in [3.05, 3.63) is 91.1 Å². The standard InChI is InChI=1S/C24H24ClN3O3S/c1-17-4-6-19(7-5-17)27(24(29)23-3-2-14-32-23)20-10-12-26(13-11-20)16-18-15-21(28(30)31)8-9-22(18)25/h2-9,14-15,20H,10-13,16H2,1H3. The normalized spacial score (nSPS) is 14.9. The minimum atomic E-state index is -0.401. The first kappa shape index (κ1) is 22.5. The number of piperidine rings is 1. The molecule has 4 rings (SSSR count). The minimum Gasteiger partial charge on any atom is -0.305 e. The Labute approximate surface area is 196 Å². The van der Waals surface area contributed by atoms with Gasteiger partial charge in [-0.15, -0.1) is 11.3 Å². The molecule has 0 atom stereocenters. The van der Waals surface area contributed by atoms with Crippen LogP contribution in [0.15, 0.2) is 60.0 Å². The Morgan fingerprint density at radius 3 is 2.53 bits per heavy atom. The second-order valence-corrected chi connectivity index (χ2v) is 9.38. The summed E-state index contributed by atoms with van der Waals surface area (Å²) in [7, 11) is 0. The number of carbonyl (C=O) groups is 1. The van der Waals surface area contributed by atoms with E-state index < -0.39 is 4.92 Å². The van der Waals surface area contributed by atoms with Crippen LogP contribution in [0.1, 0.15) is 33.6 Å². The zero-order chi connectivity index (χ0) is 22.7. The van der Waals surface area contributed by atoms with Crippen LogP contribution >= 0.6 is 22.9 Å². The van der Waals surface area contributed by atoms with Crippen molar-refractivity contribution < 1.29 is 9.72 Å². The maximum atomic E-state index is 13.4. The molecule has 1 aliphatic rings. The number of thiophene rings is 1. The van der Waals surface area contributed by atoms with Crippen molar-refractivity contribution in [3.63, 3.8) is 0 Å². The number of anilines is 1. The fourth-order valence-corrected chi connectivity index (χ4v) is 4.93. The molecule has 32 heavy (non-hydrogen) atoms. The molecule has 1 aliphatic heterocycles. The van der Waals surface area contributed by atoms with Crippen LogP contribution in [0.3, 0.4) is 0 Å². The molecular formula is C24H24ClN3O3S. The highest BCUT2D eigenvalue weighted by Gasteiger charge is 2.30. The van der Waals surface area contributed by atoms with Crippen molar-refractivity contribution in [1.82, 2.24) is 4.90 Å². The predicted octanol–water partition coefficient (Wildman–Crippen LogP) is 5.93. The Balaban J connectivity index is 1.49. The maximum Gasteiger partial charge on any atom is 0.269 e. The third-order valence-electron chi connectivity index (χ3n) is 5.82. The molecule has 3 aromatic rings. The van der Waals surface area contributed by atoms with E-state index >= 15 is 0 Å². The molecule has 0 radical (unpaired) electrons. The van der Waals surface area contributed by atoms with Crippen LogP contribution in [-0.4, -0.2) is 34.9 Å². The lowest BCUT2D eigenvalue weighted by molar-refractivity contribution is -0.384. The van der Waals surface area contributed by atoms with E-state index in [4.69, 9.17) is 11.6 Å². The number of hydrogen-bond donors (Lipinski definition) is 0. The zero-order valence-corrected chi connectivity index (χ0v) is 19.3. The summed E-state index contributed by atoms with van der Waals surface area (Å²) in [4.78, 5) is 29.0. The Morgan fingerprint density at radius 1 is 1.19 bits per heavy atom. The topological polar surface area (TPSA) is 66.7 Å². The Hall–Kier alpha value is -2.74. The lowest BCUT2D eigenvalue weighted by Gasteiger charge is -2.38. The third-order valence-corrected chi connectivity index (χ3v) is 7.05. The first-order valence-electron chi connectivity index (χ1n) is 10.5. The molecule has 0 saturated carbocycles. The van der Waals surface area contributed by atoms with E-state index in [9.17, 15) is 14.9 Å².